The van der Waals surface area contributed by atoms with Crippen molar-refractivity contribution in [2.24, 2.45) is 0 Å². The van der Waals surface area contributed by atoms with Gasteiger partial charge in [-0.05, 0) is 37.0 Å². The van der Waals surface area contributed by atoms with Gasteiger partial charge in [-0.1, -0.05) is 0 Å². The van der Waals surface area contributed by atoms with Gasteiger partial charge in [0.05, 0.1) is 0 Å². The van der Waals surface area contributed by atoms with Crippen LogP contribution < -0.4 is 10.6 Å². The van der Waals surface area contributed by atoms with Crippen LogP contribution in [0.25, 0.3) is 0 Å². The predicted octanol–water partition coefficient (Wildman–Crippen LogP) is 1.43. The molecule has 2 aromatic rings. The number of hydrogen-bond acceptors (Lipinski definition) is 6. The number of aromatic nitrogens is 4. The quantitative estimate of drug-likeness (QED) is 0.908. The van der Waals surface area contributed by atoms with Crippen LogP contribution in [0.5, 0.6) is 0 Å². The average molecular weight is 270 g/mol. The SMILES string of the molecule is Nc1nc(Cc2ccncc2)nc(N2CCCCC2)n1. The van der Waals surface area contributed by atoms with E-state index in [0.29, 0.717) is 24.1 Å². The molecule has 0 bridgehead atoms. The lowest BCUT2D eigenvalue weighted by molar-refractivity contribution is 0.566. The first-order chi connectivity index (χ1) is 9.81. The van der Waals surface area contributed by atoms with E-state index in [1.165, 1.54) is 19.3 Å². The van der Waals surface area contributed by atoms with Crippen LogP contribution in [0.3, 0.4) is 0 Å². The van der Waals surface area contributed by atoms with Crippen LogP contribution >= 0.6 is 0 Å². The monoisotopic (exact) mass is 270 g/mol. The molecule has 1 saturated heterocycles. The second-order valence-electron chi connectivity index (χ2n) is 4.99. The number of pyridine rings is 1. The van der Waals surface area contributed by atoms with Crippen LogP contribution in [0.4, 0.5) is 11.9 Å². The van der Waals surface area contributed by atoms with Gasteiger partial charge >= 0.3 is 0 Å². The number of anilines is 2. The molecular weight excluding hydrogens is 252 g/mol. The Morgan fingerprint density at radius 2 is 1.75 bits per heavy atom. The highest BCUT2D eigenvalue weighted by Crippen LogP contribution is 2.17. The number of rotatable bonds is 3. The summed E-state index contributed by atoms with van der Waals surface area (Å²) < 4.78 is 0. The van der Waals surface area contributed by atoms with Crippen molar-refractivity contribution in [2.75, 3.05) is 23.7 Å². The Kier molecular flexibility index (Phi) is 3.71. The van der Waals surface area contributed by atoms with Crippen molar-refractivity contribution in [1.29, 1.82) is 0 Å². The van der Waals surface area contributed by atoms with Gasteiger partial charge in [0, 0.05) is 31.9 Å². The maximum atomic E-state index is 5.82. The molecule has 2 N–H and O–H groups in total. The zero-order valence-electron chi connectivity index (χ0n) is 11.4. The molecule has 2 aromatic heterocycles. The van der Waals surface area contributed by atoms with Crippen molar-refractivity contribution in [1.82, 2.24) is 19.9 Å². The van der Waals surface area contributed by atoms with Crippen LogP contribution in [0.1, 0.15) is 30.7 Å². The first kappa shape index (κ1) is 12.8. The van der Waals surface area contributed by atoms with Crippen LogP contribution in [-0.4, -0.2) is 33.0 Å². The molecule has 3 heterocycles. The first-order valence-electron chi connectivity index (χ1n) is 6.95. The Morgan fingerprint density at radius 3 is 2.50 bits per heavy atom. The molecule has 0 aromatic carbocycles. The van der Waals surface area contributed by atoms with Gasteiger partial charge in [-0.3, -0.25) is 4.98 Å². The van der Waals surface area contributed by atoms with Crippen molar-refractivity contribution < 1.29 is 0 Å². The maximum absolute atomic E-state index is 5.82. The Labute approximate surface area is 118 Å². The van der Waals surface area contributed by atoms with E-state index in [9.17, 15) is 0 Å². The summed E-state index contributed by atoms with van der Waals surface area (Å²) >= 11 is 0. The highest BCUT2D eigenvalue weighted by Gasteiger charge is 2.15. The third-order valence-corrected chi connectivity index (χ3v) is 3.44. The van der Waals surface area contributed by atoms with E-state index < -0.39 is 0 Å². The lowest BCUT2D eigenvalue weighted by Gasteiger charge is -2.26. The van der Waals surface area contributed by atoms with E-state index in [1.54, 1.807) is 12.4 Å². The fourth-order valence-corrected chi connectivity index (χ4v) is 2.42. The lowest BCUT2D eigenvalue weighted by Crippen LogP contribution is -2.31. The fourth-order valence-electron chi connectivity index (χ4n) is 2.42. The summed E-state index contributed by atoms with van der Waals surface area (Å²) in [6.45, 7) is 2.00. The third kappa shape index (κ3) is 3.01. The van der Waals surface area contributed by atoms with E-state index in [1.807, 2.05) is 12.1 Å². The summed E-state index contributed by atoms with van der Waals surface area (Å²) in [4.78, 5) is 19.3. The number of nitrogens with two attached hydrogens (primary N) is 1. The molecule has 0 spiro atoms. The highest BCUT2D eigenvalue weighted by atomic mass is 15.3. The number of piperidine rings is 1. The van der Waals surface area contributed by atoms with Crippen molar-refractivity contribution in [3.63, 3.8) is 0 Å². The standard InChI is InChI=1S/C14H18N6/c15-13-17-12(10-11-4-6-16-7-5-11)18-14(19-13)20-8-2-1-3-9-20/h4-7H,1-3,8-10H2,(H2,15,17,18,19). The van der Waals surface area contributed by atoms with Gasteiger partial charge < -0.3 is 10.6 Å². The van der Waals surface area contributed by atoms with Crippen molar-refractivity contribution in [2.45, 2.75) is 25.7 Å². The second kappa shape index (κ2) is 5.81. The minimum atomic E-state index is 0.296. The number of hydrogen-bond donors (Lipinski definition) is 1. The molecule has 1 aliphatic rings. The molecule has 6 heteroatoms. The molecule has 1 fully saturated rings. The second-order valence-corrected chi connectivity index (χ2v) is 4.99. The average Bonchev–Trinajstić information content (AvgIpc) is 2.49. The maximum Gasteiger partial charge on any atom is 0.230 e. The van der Waals surface area contributed by atoms with Gasteiger partial charge in [-0.25, -0.2) is 0 Å². The normalized spacial score (nSPS) is 15.3. The molecule has 0 unspecified atom stereocenters. The summed E-state index contributed by atoms with van der Waals surface area (Å²) in [5.41, 5.74) is 6.94. The predicted molar refractivity (Wildman–Crippen MR) is 77.3 cm³/mol. The van der Waals surface area contributed by atoms with Crippen molar-refractivity contribution in [3.05, 3.63) is 35.9 Å². The van der Waals surface area contributed by atoms with Gasteiger partial charge in [-0.2, -0.15) is 15.0 Å². The van der Waals surface area contributed by atoms with E-state index in [2.05, 4.69) is 24.8 Å². The lowest BCUT2D eigenvalue weighted by atomic mass is 10.1. The minimum Gasteiger partial charge on any atom is -0.368 e. The molecule has 0 saturated carbocycles. The third-order valence-electron chi connectivity index (χ3n) is 3.44. The number of nitrogens with zero attached hydrogens (tertiary/aromatic N) is 5. The van der Waals surface area contributed by atoms with Gasteiger partial charge in [0.25, 0.3) is 0 Å². The number of nitrogen functional groups attached to an aromatic ring is 1. The van der Waals surface area contributed by atoms with Crippen LogP contribution in [0.2, 0.25) is 0 Å². The molecule has 0 radical (unpaired) electrons. The van der Waals surface area contributed by atoms with E-state index in [0.717, 1.165) is 18.7 Å². The Bertz CT molecular complexity index is 565. The summed E-state index contributed by atoms with van der Waals surface area (Å²) in [5.74, 6) is 1.72. The molecule has 6 nitrogen and oxygen atoms in total. The fraction of sp³-hybridized carbons (Fsp3) is 0.429. The molecule has 0 atom stereocenters. The molecule has 104 valence electrons. The van der Waals surface area contributed by atoms with E-state index >= 15 is 0 Å². The Hall–Kier alpha value is -2.24. The summed E-state index contributed by atoms with van der Waals surface area (Å²) in [5, 5.41) is 0. The minimum absolute atomic E-state index is 0.296. The smallest absolute Gasteiger partial charge is 0.230 e. The highest BCUT2D eigenvalue weighted by molar-refractivity contribution is 5.35. The molecule has 20 heavy (non-hydrogen) atoms. The Morgan fingerprint density at radius 1 is 1.00 bits per heavy atom. The molecule has 0 aliphatic carbocycles. The van der Waals surface area contributed by atoms with Crippen LogP contribution in [-0.2, 0) is 6.42 Å². The van der Waals surface area contributed by atoms with E-state index in [-0.39, 0.29) is 0 Å². The van der Waals surface area contributed by atoms with E-state index in [4.69, 9.17) is 5.73 Å². The van der Waals surface area contributed by atoms with Gasteiger partial charge in [-0.15, -0.1) is 0 Å². The molecule has 3 rings (SSSR count). The van der Waals surface area contributed by atoms with Crippen LogP contribution in [0.15, 0.2) is 24.5 Å². The summed E-state index contributed by atoms with van der Waals surface area (Å²) in [6, 6.07) is 3.92. The van der Waals surface area contributed by atoms with Gasteiger partial charge in [0.2, 0.25) is 11.9 Å². The van der Waals surface area contributed by atoms with Crippen molar-refractivity contribution >= 4 is 11.9 Å². The summed E-state index contributed by atoms with van der Waals surface area (Å²) in [7, 11) is 0. The molecule has 1 aliphatic heterocycles. The molecule has 0 amide bonds. The largest absolute Gasteiger partial charge is 0.368 e. The zero-order valence-corrected chi connectivity index (χ0v) is 11.4. The van der Waals surface area contributed by atoms with Gasteiger partial charge in [0.15, 0.2) is 0 Å². The Balaban J connectivity index is 1.82. The summed E-state index contributed by atoms with van der Waals surface area (Å²) in [6.07, 6.45) is 7.84. The topological polar surface area (TPSA) is 80.8 Å². The van der Waals surface area contributed by atoms with Crippen LogP contribution in [0, 0.1) is 0 Å². The van der Waals surface area contributed by atoms with Crippen molar-refractivity contribution in [3.8, 4) is 0 Å². The zero-order chi connectivity index (χ0) is 13.8. The van der Waals surface area contributed by atoms with Gasteiger partial charge in [0.1, 0.15) is 5.82 Å². The first-order valence-corrected chi connectivity index (χ1v) is 6.95. The molecular formula is C14H18N6.